The van der Waals surface area contributed by atoms with E-state index in [4.69, 9.17) is 0 Å². The fraction of sp³-hybridized carbons (Fsp3) is 0.278. The molecule has 0 atom stereocenters. The molecule has 0 radical (unpaired) electrons. The molecule has 1 aromatic heterocycles. The number of benzene rings is 1. The van der Waals surface area contributed by atoms with Crippen LogP contribution in [0.2, 0.25) is 0 Å². The van der Waals surface area contributed by atoms with Crippen molar-refractivity contribution in [2.24, 2.45) is 0 Å². The Morgan fingerprint density at radius 1 is 1.38 bits per heavy atom. The van der Waals surface area contributed by atoms with E-state index in [1.54, 1.807) is 17.0 Å². The molecule has 1 aliphatic rings. The third-order valence-electron chi connectivity index (χ3n) is 4.05. The van der Waals surface area contributed by atoms with Crippen LogP contribution in [0.3, 0.4) is 0 Å². The van der Waals surface area contributed by atoms with Crippen LogP contribution in [0.5, 0.6) is 0 Å². The number of hydrogen-bond acceptors (Lipinski definition) is 5. The Hall–Kier alpha value is -2.37. The van der Waals surface area contributed by atoms with E-state index in [1.807, 2.05) is 0 Å². The number of anilines is 1. The molecule has 5 nitrogen and oxygen atoms in total. The highest BCUT2D eigenvalue weighted by Gasteiger charge is 2.26. The molecule has 26 heavy (non-hydrogen) atoms. The Morgan fingerprint density at radius 3 is 2.77 bits per heavy atom. The molecule has 0 unspecified atom stereocenters. The van der Waals surface area contributed by atoms with Crippen LogP contribution >= 0.6 is 23.1 Å². The van der Waals surface area contributed by atoms with Gasteiger partial charge in [0.15, 0.2) is 0 Å². The lowest BCUT2D eigenvalue weighted by atomic mass is 10.0. The number of thioether (sulfide) groups is 1. The molecule has 8 heteroatoms. The molecule has 0 bridgehead atoms. The van der Waals surface area contributed by atoms with Gasteiger partial charge in [0.1, 0.15) is 16.9 Å². The number of nitrogens with one attached hydrogen (secondary N) is 1. The number of thiophene rings is 1. The molecule has 1 aliphatic heterocycles. The fourth-order valence-electron chi connectivity index (χ4n) is 2.72. The van der Waals surface area contributed by atoms with Crippen molar-refractivity contribution in [2.45, 2.75) is 24.8 Å². The van der Waals surface area contributed by atoms with E-state index in [9.17, 15) is 19.2 Å². The van der Waals surface area contributed by atoms with Crippen LogP contribution in [0.15, 0.2) is 29.2 Å². The first-order valence-corrected chi connectivity index (χ1v) is 9.76. The van der Waals surface area contributed by atoms with Crippen molar-refractivity contribution in [1.82, 2.24) is 4.90 Å². The third kappa shape index (κ3) is 4.06. The largest absolute Gasteiger partial charge is 0.337 e. The monoisotopic (exact) mass is 389 g/mol. The Morgan fingerprint density at radius 2 is 2.12 bits per heavy atom. The van der Waals surface area contributed by atoms with E-state index in [0.717, 1.165) is 15.3 Å². The van der Waals surface area contributed by atoms with Crippen LogP contribution < -0.4 is 5.32 Å². The molecule has 1 N–H and O–H groups in total. The van der Waals surface area contributed by atoms with Crippen molar-refractivity contribution in [1.29, 1.82) is 5.26 Å². The number of halogens is 1. The highest BCUT2D eigenvalue weighted by molar-refractivity contribution is 8.00. The average Bonchev–Trinajstić information content (AvgIpc) is 2.97. The van der Waals surface area contributed by atoms with Crippen LogP contribution in [0.4, 0.5) is 9.39 Å². The molecule has 0 saturated heterocycles. The van der Waals surface area contributed by atoms with Crippen molar-refractivity contribution in [3.8, 4) is 6.07 Å². The molecule has 2 amide bonds. The molecule has 2 aromatic rings. The van der Waals surface area contributed by atoms with Gasteiger partial charge in [0.25, 0.3) is 0 Å². The Kier molecular flexibility index (Phi) is 5.59. The van der Waals surface area contributed by atoms with E-state index in [-0.39, 0.29) is 23.4 Å². The van der Waals surface area contributed by atoms with Gasteiger partial charge in [-0.25, -0.2) is 4.39 Å². The number of nitriles is 1. The van der Waals surface area contributed by atoms with Crippen molar-refractivity contribution >= 4 is 39.9 Å². The van der Waals surface area contributed by atoms with E-state index in [2.05, 4.69) is 11.4 Å². The molecule has 0 fully saturated rings. The first kappa shape index (κ1) is 18.4. The lowest BCUT2D eigenvalue weighted by molar-refractivity contribution is -0.129. The van der Waals surface area contributed by atoms with Gasteiger partial charge in [0.05, 0.1) is 17.9 Å². The minimum atomic E-state index is -0.318. The maximum Gasteiger partial charge on any atom is 0.235 e. The highest BCUT2D eigenvalue weighted by atomic mass is 32.2. The lowest BCUT2D eigenvalue weighted by Crippen LogP contribution is -2.33. The quantitative estimate of drug-likeness (QED) is 0.814. The second-order valence-electron chi connectivity index (χ2n) is 5.80. The SMILES string of the molecule is CC(=O)N1CCc2c(sc(NC(=O)CSc3ccc(F)cc3)c2C#N)C1. The smallest absolute Gasteiger partial charge is 0.235 e. The number of carbonyl (C=O) groups is 2. The molecule has 1 aromatic carbocycles. The number of nitrogens with zero attached hydrogens (tertiary/aromatic N) is 2. The van der Waals surface area contributed by atoms with Crippen molar-refractivity contribution in [3.63, 3.8) is 0 Å². The number of rotatable bonds is 4. The van der Waals surface area contributed by atoms with Gasteiger partial charge in [-0.1, -0.05) is 0 Å². The zero-order valence-corrected chi connectivity index (χ0v) is 15.7. The number of carbonyl (C=O) groups excluding carboxylic acids is 2. The van der Waals surface area contributed by atoms with E-state index >= 15 is 0 Å². The van der Waals surface area contributed by atoms with Crippen molar-refractivity contribution < 1.29 is 14.0 Å². The van der Waals surface area contributed by atoms with E-state index in [0.29, 0.717) is 30.1 Å². The maximum atomic E-state index is 12.9. The van der Waals surface area contributed by atoms with E-state index < -0.39 is 0 Å². The molecule has 0 spiro atoms. The summed E-state index contributed by atoms with van der Waals surface area (Å²) >= 11 is 2.65. The topological polar surface area (TPSA) is 73.2 Å². The molecule has 3 rings (SSSR count). The van der Waals surface area contributed by atoms with Crippen LogP contribution in [0, 0.1) is 17.1 Å². The van der Waals surface area contributed by atoms with Gasteiger partial charge in [0, 0.05) is 23.2 Å². The summed E-state index contributed by atoms with van der Waals surface area (Å²) in [6.07, 6.45) is 0.620. The highest BCUT2D eigenvalue weighted by Crippen LogP contribution is 2.36. The maximum absolute atomic E-state index is 12.9. The van der Waals surface area contributed by atoms with Gasteiger partial charge in [-0.2, -0.15) is 5.26 Å². The summed E-state index contributed by atoms with van der Waals surface area (Å²) in [5.41, 5.74) is 1.42. The fourth-order valence-corrected chi connectivity index (χ4v) is 4.65. The van der Waals surface area contributed by atoms with Gasteiger partial charge >= 0.3 is 0 Å². The summed E-state index contributed by atoms with van der Waals surface area (Å²) in [4.78, 5) is 27.3. The second-order valence-corrected chi connectivity index (χ2v) is 7.95. The molecule has 134 valence electrons. The summed E-state index contributed by atoms with van der Waals surface area (Å²) in [6, 6.07) is 8.11. The minimum absolute atomic E-state index is 0.00356. The summed E-state index contributed by atoms with van der Waals surface area (Å²) in [5, 5.41) is 12.8. The molecular weight excluding hydrogens is 373 g/mol. The Bertz CT molecular complexity index is 887. The summed E-state index contributed by atoms with van der Waals surface area (Å²) in [5.74, 6) is -0.374. The van der Waals surface area contributed by atoms with Gasteiger partial charge in [-0.3, -0.25) is 9.59 Å². The zero-order valence-electron chi connectivity index (χ0n) is 14.0. The molecule has 0 saturated carbocycles. The number of fused-ring (bicyclic) bond motifs is 1. The summed E-state index contributed by atoms with van der Waals surface area (Å²) in [6.45, 7) is 2.59. The second kappa shape index (κ2) is 7.89. The molecular formula is C18H16FN3O2S2. The summed E-state index contributed by atoms with van der Waals surface area (Å²) in [7, 11) is 0. The normalized spacial score (nSPS) is 13.0. The van der Waals surface area contributed by atoms with Gasteiger partial charge in [-0.15, -0.1) is 23.1 Å². The average molecular weight is 389 g/mol. The molecule has 2 heterocycles. The van der Waals surface area contributed by atoms with E-state index in [1.165, 1.54) is 42.2 Å². The summed E-state index contributed by atoms with van der Waals surface area (Å²) < 4.78 is 12.9. The minimum Gasteiger partial charge on any atom is -0.337 e. The van der Waals surface area contributed by atoms with Crippen LogP contribution in [0.25, 0.3) is 0 Å². The van der Waals surface area contributed by atoms with Crippen molar-refractivity contribution in [2.75, 3.05) is 17.6 Å². The van der Waals surface area contributed by atoms with Gasteiger partial charge in [0.2, 0.25) is 11.8 Å². The number of amides is 2. The van der Waals surface area contributed by atoms with Gasteiger partial charge < -0.3 is 10.2 Å². The third-order valence-corrected chi connectivity index (χ3v) is 6.19. The van der Waals surface area contributed by atoms with Crippen LogP contribution in [-0.4, -0.2) is 29.0 Å². The Balaban J connectivity index is 1.68. The number of hydrogen-bond donors (Lipinski definition) is 1. The zero-order chi connectivity index (χ0) is 18.7. The standard InChI is InChI=1S/C18H16FN3O2S2/c1-11(23)22-7-6-14-15(8-20)18(26-16(14)9-22)21-17(24)10-25-13-4-2-12(19)3-5-13/h2-5H,6-7,9-10H2,1H3,(H,21,24). The first-order chi connectivity index (χ1) is 12.5. The van der Waals surface area contributed by atoms with Crippen LogP contribution in [-0.2, 0) is 22.6 Å². The first-order valence-electron chi connectivity index (χ1n) is 7.96. The van der Waals surface area contributed by atoms with Gasteiger partial charge in [-0.05, 0) is 36.2 Å². The Labute approximate surface area is 158 Å². The predicted octanol–water partition coefficient (Wildman–Crippen LogP) is 3.39. The lowest BCUT2D eigenvalue weighted by Gasteiger charge is -2.25. The van der Waals surface area contributed by atoms with Crippen molar-refractivity contribution in [3.05, 3.63) is 46.1 Å². The van der Waals surface area contributed by atoms with Crippen LogP contribution in [0.1, 0.15) is 22.9 Å². The predicted molar refractivity (Wildman–Crippen MR) is 99.6 cm³/mol. The molecule has 0 aliphatic carbocycles.